The van der Waals surface area contributed by atoms with Gasteiger partial charge in [0.05, 0.1) is 17.8 Å². The smallest absolute Gasteiger partial charge is 0.399 e. The second kappa shape index (κ2) is 5.99. The van der Waals surface area contributed by atoms with Gasteiger partial charge in [0.15, 0.2) is 0 Å². The monoisotopic (exact) mass is 304 g/mol. The van der Waals surface area contributed by atoms with Crippen molar-refractivity contribution in [3.05, 3.63) is 29.8 Å². The first kappa shape index (κ1) is 17.5. The molecular weight excluding hydrogens is 275 g/mol. The minimum absolute atomic E-state index is 0.0223. The summed E-state index contributed by atoms with van der Waals surface area (Å²) >= 11 is 0. The van der Waals surface area contributed by atoms with Crippen LogP contribution in [0.4, 0.5) is 0 Å². The van der Waals surface area contributed by atoms with Crippen LogP contribution in [0.25, 0.3) is 0 Å². The van der Waals surface area contributed by atoms with Crippen molar-refractivity contribution < 1.29 is 14.4 Å². The summed E-state index contributed by atoms with van der Waals surface area (Å²) < 4.78 is 12.1. The van der Waals surface area contributed by atoms with Gasteiger partial charge in [0.2, 0.25) is 0 Å². The van der Waals surface area contributed by atoms with Crippen LogP contribution in [-0.2, 0) is 14.7 Å². The zero-order valence-corrected chi connectivity index (χ0v) is 14.8. The van der Waals surface area contributed by atoms with Crippen LogP contribution >= 0.6 is 0 Å². The molecule has 1 aliphatic carbocycles. The van der Waals surface area contributed by atoms with E-state index in [9.17, 15) is 5.11 Å². The van der Waals surface area contributed by atoms with Crippen LogP contribution in [0, 0.1) is 0 Å². The number of hydrogen-bond acceptors (Lipinski definition) is 3. The van der Waals surface area contributed by atoms with E-state index in [0.717, 1.165) is 18.3 Å². The Kier molecular flexibility index (Phi) is 4.77. The van der Waals surface area contributed by atoms with Crippen LogP contribution in [-0.4, -0.2) is 30.0 Å². The minimum atomic E-state index is -0.307. The number of rotatable bonds is 3. The van der Waals surface area contributed by atoms with Crippen molar-refractivity contribution >= 4 is 12.6 Å². The molecule has 1 aliphatic heterocycles. The second-order valence-corrected chi connectivity index (χ2v) is 7.15. The van der Waals surface area contributed by atoms with E-state index in [4.69, 9.17) is 9.31 Å². The van der Waals surface area contributed by atoms with Gasteiger partial charge in [-0.25, -0.2) is 0 Å². The van der Waals surface area contributed by atoms with Gasteiger partial charge in [0.25, 0.3) is 0 Å². The van der Waals surface area contributed by atoms with Crippen LogP contribution in [0.1, 0.15) is 59.9 Å². The Morgan fingerprint density at radius 2 is 1.41 bits per heavy atom. The summed E-state index contributed by atoms with van der Waals surface area (Å²) in [5, 5.41) is 9.48. The Labute approximate surface area is 135 Å². The van der Waals surface area contributed by atoms with Crippen molar-refractivity contribution in [1.82, 2.24) is 0 Å². The summed E-state index contributed by atoms with van der Waals surface area (Å²) in [5.41, 5.74) is 1.67. The quantitative estimate of drug-likeness (QED) is 0.872. The normalized spacial score (nSPS) is 23.7. The Morgan fingerprint density at radius 1 is 0.955 bits per heavy atom. The molecule has 1 N–H and O–H groups in total. The van der Waals surface area contributed by atoms with Gasteiger partial charge in [-0.15, -0.1) is 0 Å². The van der Waals surface area contributed by atoms with Crippen LogP contribution in [0.2, 0.25) is 0 Å². The molecule has 1 aromatic rings. The molecule has 1 heterocycles. The largest absolute Gasteiger partial charge is 0.494 e. The third-order valence-corrected chi connectivity index (χ3v) is 5.20. The van der Waals surface area contributed by atoms with E-state index in [1.807, 2.05) is 13.8 Å². The lowest BCUT2D eigenvalue weighted by Crippen LogP contribution is -2.41. The Hall–Kier alpha value is -0.835. The van der Waals surface area contributed by atoms with E-state index in [2.05, 4.69) is 52.0 Å². The number of aliphatic hydroxyl groups is 1. The molecule has 0 bridgehead atoms. The summed E-state index contributed by atoms with van der Waals surface area (Å²) in [5.74, 6) is 0. The molecule has 2 aliphatic rings. The predicted octanol–water partition coefficient (Wildman–Crippen LogP) is 3.04. The highest BCUT2D eigenvalue weighted by atomic mass is 16.7. The molecule has 1 saturated carbocycles. The van der Waals surface area contributed by atoms with Gasteiger partial charge < -0.3 is 14.4 Å². The molecule has 3 nitrogen and oxygen atoms in total. The first-order valence-corrected chi connectivity index (χ1v) is 8.37. The fraction of sp³-hybridized carbons (Fsp3) is 0.667. The first-order valence-electron chi connectivity index (χ1n) is 8.37. The molecular formula is C18H29BO3. The Bertz CT molecular complexity index is 488. The number of aliphatic hydroxyl groups excluding tert-OH is 1. The second-order valence-electron chi connectivity index (χ2n) is 7.15. The Morgan fingerprint density at radius 3 is 1.77 bits per heavy atom. The Balaban J connectivity index is 0.000000847. The van der Waals surface area contributed by atoms with Crippen molar-refractivity contribution in [2.45, 2.75) is 71.0 Å². The van der Waals surface area contributed by atoms with Gasteiger partial charge in [-0.2, -0.15) is 0 Å². The molecule has 0 spiro atoms. The number of benzene rings is 1. The predicted molar refractivity (Wildman–Crippen MR) is 91.5 cm³/mol. The molecule has 1 saturated heterocycles. The molecule has 4 heteroatoms. The van der Waals surface area contributed by atoms with Crippen molar-refractivity contribution in [1.29, 1.82) is 0 Å². The van der Waals surface area contributed by atoms with Crippen molar-refractivity contribution in [3.63, 3.8) is 0 Å². The topological polar surface area (TPSA) is 38.7 Å². The molecule has 0 aromatic heterocycles. The third-order valence-electron chi connectivity index (χ3n) is 5.20. The van der Waals surface area contributed by atoms with Gasteiger partial charge in [-0.05, 0) is 51.6 Å². The fourth-order valence-corrected chi connectivity index (χ4v) is 2.66. The highest BCUT2D eigenvalue weighted by Crippen LogP contribution is 2.47. The van der Waals surface area contributed by atoms with Crippen molar-refractivity contribution in [2.75, 3.05) is 6.61 Å². The van der Waals surface area contributed by atoms with E-state index < -0.39 is 0 Å². The molecule has 122 valence electrons. The molecule has 22 heavy (non-hydrogen) atoms. The van der Waals surface area contributed by atoms with Gasteiger partial charge >= 0.3 is 7.12 Å². The summed E-state index contributed by atoms with van der Waals surface area (Å²) in [7, 11) is -0.307. The standard InChI is InChI=1S/C16H23BO3.C2H6/c1-14(2)15(3,4)20-17(19-14)13-7-5-12(6-8-13)16(11-18)9-10-16;1-2/h5-8,18H,9-11H2,1-4H3;1-2H3. The van der Waals surface area contributed by atoms with Crippen molar-refractivity contribution in [2.24, 2.45) is 0 Å². The van der Waals surface area contributed by atoms with Crippen LogP contribution in [0.15, 0.2) is 24.3 Å². The fourth-order valence-electron chi connectivity index (χ4n) is 2.66. The van der Waals surface area contributed by atoms with E-state index in [1.165, 1.54) is 5.56 Å². The zero-order valence-electron chi connectivity index (χ0n) is 14.8. The van der Waals surface area contributed by atoms with E-state index >= 15 is 0 Å². The first-order chi connectivity index (χ1) is 10.3. The highest BCUT2D eigenvalue weighted by Gasteiger charge is 2.52. The van der Waals surface area contributed by atoms with Crippen LogP contribution in [0.3, 0.4) is 0 Å². The van der Waals surface area contributed by atoms with E-state index in [-0.39, 0.29) is 30.3 Å². The maximum absolute atomic E-state index is 9.48. The lowest BCUT2D eigenvalue weighted by Gasteiger charge is -2.32. The third kappa shape index (κ3) is 2.97. The summed E-state index contributed by atoms with van der Waals surface area (Å²) in [6.07, 6.45) is 2.17. The highest BCUT2D eigenvalue weighted by molar-refractivity contribution is 6.62. The van der Waals surface area contributed by atoms with Crippen molar-refractivity contribution in [3.8, 4) is 0 Å². The van der Waals surface area contributed by atoms with Gasteiger partial charge in [0.1, 0.15) is 0 Å². The SMILES string of the molecule is CC.CC1(C)OB(c2ccc(C3(CO)CC3)cc2)OC1(C)C. The maximum Gasteiger partial charge on any atom is 0.494 e. The van der Waals surface area contributed by atoms with Crippen LogP contribution < -0.4 is 5.46 Å². The molecule has 1 aromatic carbocycles. The molecule has 0 radical (unpaired) electrons. The minimum Gasteiger partial charge on any atom is -0.399 e. The van der Waals surface area contributed by atoms with E-state index in [0.29, 0.717) is 0 Å². The lowest BCUT2D eigenvalue weighted by atomic mass is 9.78. The zero-order chi connectivity index (χ0) is 16.6. The summed E-state index contributed by atoms with van der Waals surface area (Å²) in [6, 6.07) is 8.33. The van der Waals surface area contributed by atoms with E-state index in [1.54, 1.807) is 0 Å². The van der Waals surface area contributed by atoms with Gasteiger partial charge in [-0.1, -0.05) is 38.1 Å². The molecule has 2 fully saturated rings. The average Bonchev–Trinajstić information content (AvgIpc) is 3.25. The average molecular weight is 304 g/mol. The molecule has 3 rings (SSSR count). The lowest BCUT2D eigenvalue weighted by molar-refractivity contribution is 0.00578. The maximum atomic E-state index is 9.48. The number of hydrogen-bond donors (Lipinski definition) is 1. The molecule has 0 atom stereocenters. The van der Waals surface area contributed by atoms with Crippen LogP contribution in [0.5, 0.6) is 0 Å². The summed E-state index contributed by atoms with van der Waals surface area (Å²) in [6.45, 7) is 12.5. The van der Waals surface area contributed by atoms with Gasteiger partial charge in [0, 0.05) is 5.41 Å². The summed E-state index contributed by atoms with van der Waals surface area (Å²) in [4.78, 5) is 0. The molecule has 0 unspecified atom stereocenters. The van der Waals surface area contributed by atoms with Gasteiger partial charge in [-0.3, -0.25) is 0 Å². The molecule has 0 amide bonds.